The third-order valence-electron chi connectivity index (χ3n) is 3.37. The highest BCUT2D eigenvalue weighted by molar-refractivity contribution is 6.30. The van der Waals surface area contributed by atoms with Crippen molar-refractivity contribution in [3.8, 4) is 0 Å². The number of aryl methyl sites for hydroxylation is 1. The molecule has 25 heavy (non-hydrogen) atoms. The van der Waals surface area contributed by atoms with E-state index in [1.165, 1.54) is 12.4 Å². The Morgan fingerprint density at radius 2 is 2.04 bits per heavy atom. The average Bonchev–Trinajstić information content (AvgIpc) is 3.00. The first-order valence-corrected chi connectivity index (χ1v) is 8.03. The molecular formula is C17H16ClN5O2. The molecule has 0 aliphatic carbocycles. The Morgan fingerprint density at radius 3 is 2.72 bits per heavy atom. The van der Waals surface area contributed by atoms with E-state index in [9.17, 15) is 4.79 Å². The summed E-state index contributed by atoms with van der Waals surface area (Å²) in [5.41, 5.74) is 1.46. The summed E-state index contributed by atoms with van der Waals surface area (Å²) in [6.07, 6.45) is 3.70. The molecule has 0 saturated heterocycles. The maximum absolute atomic E-state index is 12.1. The molecule has 128 valence electrons. The van der Waals surface area contributed by atoms with Crippen molar-refractivity contribution in [2.24, 2.45) is 0 Å². The van der Waals surface area contributed by atoms with Crippen molar-refractivity contribution in [1.29, 1.82) is 0 Å². The molecule has 1 amide bonds. The van der Waals surface area contributed by atoms with Crippen molar-refractivity contribution in [1.82, 2.24) is 15.1 Å². The maximum atomic E-state index is 12.1. The Kier molecular flexibility index (Phi) is 5.25. The number of halogens is 1. The third kappa shape index (κ3) is 4.77. The number of amides is 1. The fourth-order valence-corrected chi connectivity index (χ4v) is 2.37. The highest BCUT2D eigenvalue weighted by atomic mass is 35.5. The minimum atomic E-state index is -0.348. The van der Waals surface area contributed by atoms with Gasteiger partial charge in [-0.2, -0.15) is 0 Å². The molecule has 0 atom stereocenters. The quantitative estimate of drug-likeness (QED) is 0.702. The molecule has 0 aliphatic rings. The van der Waals surface area contributed by atoms with Crippen LogP contribution < -0.4 is 10.6 Å². The normalized spacial score (nSPS) is 10.5. The number of carbonyl (C=O) groups is 1. The predicted molar refractivity (Wildman–Crippen MR) is 94.9 cm³/mol. The van der Waals surface area contributed by atoms with Crippen molar-refractivity contribution >= 4 is 29.3 Å². The molecule has 2 N–H and O–H groups in total. The molecule has 0 radical (unpaired) electrons. The van der Waals surface area contributed by atoms with Gasteiger partial charge in [0.15, 0.2) is 5.82 Å². The lowest BCUT2D eigenvalue weighted by atomic mass is 10.1. The minimum Gasteiger partial charge on any atom is -0.360 e. The molecule has 7 nitrogen and oxygen atoms in total. The summed E-state index contributed by atoms with van der Waals surface area (Å²) in [4.78, 5) is 20.3. The number of hydrogen-bond donors (Lipinski definition) is 2. The van der Waals surface area contributed by atoms with E-state index in [0.29, 0.717) is 34.7 Å². The number of nitrogens with zero attached hydrogens (tertiary/aromatic N) is 3. The van der Waals surface area contributed by atoms with Crippen molar-refractivity contribution in [2.75, 3.05) is 17.2 Å². The summed E-state index contributed by atoms with van der Waals surface area (Å²) in [6, 6.07) is 9.31. The second kappa shape index (κ2) is 7.76. The van der Waals surface area contributed by atoms with Crippen LogP contribution in [-0.2, 0) is 6.42 Å². The maximum Gasteiger partial charge on any atom is 0.260 e. The van der Waals surface area contributed by atoms with Gasteiger partial charge in [0.2, 0.25) is 5.95 Å². The molecule has 1 aromatic carbocycles. The summed E-state index contributed by atoms with van der Waals surface area (Å²) in [6.45, 7) is 2.40. The van der Waals surface area contributed by atoms with Gasteiger partial charge in [-0.25, -0.2) is 9.97 Å². The largest absolute Gasteiger partial charge is 0.360 e. The molecule has 8 heteroatoms. The zero-order valence-electron chi connectivity index (χ0n) is 13.5. The zero-order chi connectivity index (χ0) is 17.6. The van der Waals surface area contributed by atoms with E-state index in [1.807, 2.05) is 24.3 Å². The Bertz CT molecular complexity index is 863. The molecule has 0 saturated carbocycles. The van der Waals surface area contributed by atoms with E-state index in [1.54, 1.807) is 13.0 Å². The van der Waals surface area contributed by atoms with Gasteiger partial charge >= 0.3 is 0 Å². The minimum absolute atomic E-state index is 0.334. The highest BCUT2D eigenvalue weighted by Gasteiger charge is 2.10. The lowest BCUT2D eigenvalue weighted by Crippen LogP contribution is -2.14. The predicted octanol–water partition coefficient (Wildman–Crippen LogP) is 3.33. The van der Waals surface area contributed by atoms with Crippen LogP contribution in [0.5, 0.6) is 0 Å². The number of carbonyl (C=O) groups excluding carboxylic acids is 1. The average molecular weight is 358 g/mol. The molecule has 0 spiro atoms. The molecule has 3 aromatic rings. The summed E-state index contributed by atoms with van der Waals surface area (Å²) < 4.78 is 4.89. The van der Waals surface area contributed by atoms with Crippen LogP contribution in [0.4, 0.5) is 11.8 Å². The summed E-state index contributed by atoms with van der Waals surface area (Å²) >= 11 is 5.95. The van der Waals surface area contributed by atoms with Crippen molar-refractivity contribution in [3.05, 3.63) is 64.6 Å². The van der Waals surface area contributed by atoms with Crippen molar-refractivity contribution in [3.63, 3.8) is 0 Å². The second-order valence-electron chi connectivity index (χ2n) is 5.38. The standard InChI is InChI=1S/C17H16ClN5O2/c1-11-7-15(23-25-11)22-16(24)13-9-20-17(21-10-13)19-6-5-12-3-2-4-14(18)8-12/h2-4,7-10H,5-6H2,1H3,(H,19,20,21)(H,22,23,24). The van der Waals surface area contributed by atoms with Gasteiger partial charge in [0.25, 0.3) is 5.91 Å². The smallest absolute Gasteiger partial charge is 0.260 e. The molecule has 0 unspecified atom stereocenters. The first kappa shape index (κ1) is 16.9. The van der Waals surface area contributed by atoms with Gasteiger partial charge in [0, 0.05) is 30.0 Å². The van der Waals surface area contributed by atoms with Gasteiger partial charge in [-0.3, -0.25) is 4.79 Å². The van der Waals surface area contributed by atoms with E-state index >= 15 is 0 Å². The van der Waals surface area contributed by atoms with Gasteiger partial charge < -0.3 is 15.2 Å². The Labute approximate surface area is 149 Å². The van der Waals surface area contributed by atoms with Crippen LogP contribution in [0.1, 0.15) is 21.7 Å². The number of anilines is 2. The number of rotatable bonds is 6. The van der Waals surface area contributed by atoms with Gasteiger partial charge in [-0.05, 0) is 31.0 Å². The summed E-state index contributed by atoms with van der Waals surface area (Å²) in [5, 5.41) is 10.1. The van der Waals surface area contributed by atoms with Crippen LogP contribution >= 0.6 is 11.6 Å². The fraction of sp³-hybridized carbons (Fsp3) is 0.176. The van der Waals surface area contributed by atoms with E-state index in [0.717, 1.165) is 12.0 Å². The van der Waals surface area contributed by atoms with Gasteiger partial charge in [0.05, 0.1) is 5.56 Å². The summed E-state index contributed by atoms with van der Waals surface area (Å²) in [5.74, 6) is 1.08. The highest BCUT2D eigenvalue weighted by Crippen LogP contribution is 2.12. The molecule has 0 bridgehead atoms. The van der Waals surface area contributed by atoms with Crippen LogP contribution in [0.2, 0.25) is 5.02 Å². The number of hydrogen-bond acceptors (Lipinski definition) is 6. The first-order chi connectivity index (χ1) is 12.1. The second-order valence-corrected chi connectivity index (χ2v) is 5.82. The van der Waals surface area contributed by atoms with E-state index in [-0.39, 0.29) is 5.91 Å². The lowest BCUT2D eigenvalue weighted by molar-refractivity contribution is 0.102. The Hall–Kier alpha value is -2.93. The Balaban J connectivity index is 1.52. The lowest BCUT2D eigenvalue weighted by Gasteiger charge is -2.06. The number of benzene rings is 1. The number of aromatic nitrogens is 3. The van der Waals surface area contributed by atoms with E-state index in [4.69, 9.17) is 16.1 Å². The van der Waals surface area contributed by atoms with Crippen LogP contribution in [0, 0.1) is 6.92 Å². The molecule has 2 heterocycles. The monoisotopic (exact) mass is 357 g/mol. The van der Waals surface area contributed by atoms with Gasteiger partial charge in [-0.1, -0.05) is 28.9 Å². The first-order valence-electron chi connectivity index (χ1n) is 7.65. The molecule has 2 aromatic heterocycles. The molecular weight excluding hydrogens is 342 g/mol. The van der Waals surface area contributed by atoms with E-state index in [2.05, 4.69) is 25.8 Å². The van der Waals surface area contributed by atoms with Crippen LogP contribution in [0.25, 0.3) is 0 Å². The van der Waals surface area contributed by atoms with Crippen LogP contribution in [-0.4, -0.2) is 27.6 Å². The SMILES string of the molecule is Cc1cc(NC(=O)c2cnc(NCCc3cccc(Cl)c3)nc2)no1. The Morgan fingerprint density at radius 1 is 1.24 bits per heavy atom. The van der Waals surface area contributed by atoms with E-state index < -0.39 is 0 Å². The molecule has 3 rings (SSSR count). The fourth-order valence-electron chi connectivity index (χ4n) is 2.16. The third-order valence-corrected chi connectivity index (χ3v) is 3.60. The van der Waals surface area contributed by atoms with Gasteiger partial charge in [-0.15, -0.1) is 0 Å². The number of nitrogens with one attached hydrogen (secondary N) is 2. The van der Waals surface area contributed by atoms with Crippen molar-refractivity contribution in [2.45, 2.75) is 13.3 Å². The zero-order valence-corrected chi connectivity index (χ0v) is 14.2. The molecule has 0 fully saturated rings. The topological polar surface area (TPSA) is 92.9 Å². The van der Waals surface area contributed by atoms with Crippen LogP contribution in [0.3, 0.4) is 0 Å². The van der Waals surface area contributed by atoms with Gasteiger partial charge in [0.1, 0.15) is 5.76 Å². The van der Waals surface area contributed by atoms with Crippen LogP contribution in [0.15, 0.2) is 47.2 Å². The molecule has 0 aliphatic heterocycles. The van der Waals surface area contributed by atoms with Crippen molar-refractivity contribution < 1.29 is 9.32 Å². The summed E-state index contributed by atoms with van der Waals surface area (Å²) in [7, 11) is 0.